The third-order valence-electron chi connectivity index (χ3n) is 3.24. The van der Waals surface area contributed by atoms with Crippen molar-refractivity contribution in [3.8, 4) is 0 Å². The minimum absolute atomic E-state index is 0.161. The molecule has 0 aromatic rings. The van der Waals surface area contributed by atoms with E-state index < -0.39 is 5.54 Å². The number of carbonyl (C=O) groups is 1. The number of hydrogen-bond acceptors (Lipinski definition) is 5. The SMILES string of the molecule is CCOC(=O)C(C)(CC(C)SC(C)CO)NC1CC1. The van der Waals surface area contributed by atoms with Gasteiger partial charge in [-0.1, -0.05) is 13.8 Å². The summed E-state index contributed by atoms with van der Waals surface area (Å²) in [5, 5.41) is 13.0. The molecule has 1 aliphatic rings. The van der Waals surface area contributed by atoms with E-state index in [1.807, 2.05) is 20.8 Å². The zero-order valence-electron chi connectivity index (χ0n) is 12.4. The molecule has 1 aliphatic carbocycles. The smallest absolute Gasteiger partial charge is 0.326 e. The molecule has 0 aliphatic heterocycles. The van der Waals surface area contributed by atoms with Crippen LogP contribution in [0.25, 0.3) is 0 Å². The molecule has 3 unspecified atom stereocenters. The fraction of sp³-hybridized carbons (Fsp3) is 0.929. The molecule has 19 heavy (non-hydrogen) atoms. The van der Waals surface area contributed by atoms with Crippen molar-refractivity contribution in [2.24, 2.45) is 0 Å². The molecule has 5 heteroatoms. The summed E-state index contributed by atoms with van der Waals surface area (Å²) in [7, 11) is 0. The van der Waals surface area contributed by atoms with Gasteiger partial charge in [-0.3, -0.25) is 10.1 Å². The lowest BCUT2D eigenvalue weighted by Crippen LogP contribution is -2.53. The highest BCUT2D eigenvalue weighted by atomic mass is 32.2. The van der Waals surface area contributed by atoms with Gasteiger partial charge in [0.25, 0.3) is 0 Å². The molecule has 1 rings (SSSR count). The van der Waals surface area contributed by atoms with Crippen molar-refractivity contribution in [2.45, 2.75) is 69.0 Å². The molecule has 0 saturated heterocycles. The Hall–Kier alpha value is -0.260. The number of nitrogens with one attached hydrogen (secondary N) is 1. The number of hydrogen-bond donors (Lipinski definition) is 2. The summed E-state index contributed by atoms with van der Waals surface area (Å²) in [6.45, 7) is 8.45. The number of esters is 1. The largest absolute Gasteiger partial charge is 0.465 e. The highest BCUT2D eigenvalue weighted by molar-refractivity contribution is 8.00. The number of ether oxygens (including phenoxy) is 1. The van der Waals surface area contributed by atoms with Crippen LogP contribution in [0.15, 0.2) is 0 Å². The molecule has 0 aromatic heterocycles. The Morgan fingerprint density at radius 2 is 2.11 bits per heavy atom. The summed E-state index contributed by atoms with van der Waals surface area (Å²) in [6, 6.07) is 0.460. The first-order valence-electron chi connectivity index (χ1n) is 7.12. The summed E-state index contributed by atoms with van der Waals surface area (Å²) >= 11 is 1.71. The molecule has 3 atom stereocenters. The Morgan fingerprint density at radius 3 is 2.58 bits per heavy atom. The van der Waals surface area contributed by atoms with E-state index in [9.17, 15) is 4.79 Å². The maximum absolute atomic E-state index is 12.2. The summed E-state index contributed by atoms with van der Waals surface area (Å²) < 4.78 is 5.21. The zero-order valence-corrected chi connectivity index (χ0v) is 13.3. The quantitative estimate of drug-likeness (QED) is 0.635. The highest BCUT2D eigenvalue weighted by Gasteiger charge is 2.40. The minimum Gasteiger partial charge on any atom is -0.465 e. The maximum atomic E-state index is 12.2. The Labute approximate surface area is 120 Å². The van der Waals surface area contributed by atoms with Gasteiger partial charge in [0.2, 0.25) is 0 Å². The van der Waals surface area contributed by atoms with E-state index in [-0.39, 0.29) is 17.8 Å². The van der Waals surface area contributed by atoms with Gasteiger partial charge in [-0.05, 0) is 33.1 Å². The Bertz CT molecular complexity index is 296. The predicted molar refractivity (Wildman–Crippen MR) is 79.4 cm³/mol. The summed E-state index contributed by atoms with van der Waals surface area (Å²) in [6.07, 6.45) is 3.00. The van der Waals surface area contributed by atoms with Crippen LogP contribution in [0.1, 0.15) is 47.0 Å². The molecule has 4 nitrogen and oxygen atoms in total. The molecule has 1 saturated carbocycles. The van der Waals surface area contributed by atoms with Crippen LogP contribution in [0.4, 0.5) is 0 Å². The fourth-order valence-electron chi connectivity index (χ4n) is 2.23. The lowest BCUT2D eigenvalue weighted by Gasteiger charge is -2.31. The van der Waals surface area contributed by atoms with Crippen molar-refractivity contribution in [1.29, 1.82) is 0 Å². The van der Waals surface area contributed by atoms with Crippen LogP contribution in [0.5, 0.6) is 0 Å². The molecule has 0 aromatic carbocycles. The van der Waals surface area contributed by atoms with Crippen molar-refractivity contribution in [3.05, 3.63) is 0 Å². The normalized spacial score (nSPS) is 21.5. The number of aliphatic hydroxyl groups is 1. The van der Waals surface area contributed by atoms with E-state index in [0.717, 1.165) is 19.3 Å². The van der Waals surface area contributed by atoms with Crippen molar-refractivity contribution >= 4 is 17.7 Å². The Balaban J connectivity index is 2.59. The van der Waals surface area contributed by atoms with Gasteiger partial charge in [0.15, 0.2) is 0 Å². The average molecular weight is 289 g/mol. The third kappa shape index (κ3) is 5.71. The Kier molecular flexibility index (Phi) is 6.63. The molecule has 0 heterocycles. The van der Waals surface area contributed by atoms with Gasteiger partial charge in [-0.25, -0.2) is 0 Å². The van der Waals surface area contributed by atoms with Crippen molar-refractivity contribution in [3.63, 3.8) is 0 Å². The van der Waals surface area contributed by atoms with Gasteiger partial charge in [0.1, 0.15) is 5.54 Å². The third-order valence-corrected chi connectivity index (χ3v) is 4.49. The van der Waals surface area contributed by atoms with Gasteiger partial charge in [0, 0.05) is 16.5 Å². The minimum atomic E-state index is -0.612. The van der Waals surface area contributed by atoms with Crippen LogP contribution in [-0.4, -0.2) is 46.4 Å². The lowest BCUT2D eigenvalue weighted by atomic mass is 9.95. The number of thioether (sulfide) groups is 1. The van der Waals surface area contributed by atoms with E-state index >= 15 is 0 Å². The fourth-order valence-corrected chi connectivity index (χ4v) is 3.54. The summed E-state index contributed by atoms with van der Waals surface area (Å²) in [5.74, 6) is -0.161. The molecule has 0 radical (unpaired) electrons. The molecule has 0 bridgehead atoms. The van der Waals surface area contributed by atoms with Crippen LogP contribution in [0.3, 0.4) is 0 Å². The average Bonchev–Trinajstić information content (AvgIpc) is 3.12. The molecule has 0 amide bonds. The van der Waals surface area contributed by atoms with Gasteiger partial charge < -0.3 is 9.84 Å². The summed E-state index contributed by atoms with van der Waals surface area (Å²) in [5.41, 5.74) is -0.612. The molecule has 112 valence electrons. The molecule has 2 N–H and O–H groups in total. The van der Waals surface area contributed by atoms with E-state index in [1.54, 1.807) is 11.8 Å². The van der Waals surface area contributed by atoms with Crippen LogP contribution in [0.2, 0.25) is 0 Å². The number of rotatable bonds is 9. The number of carbonyl (C=O) groups excluding carboxylic acids is 1. The van der Waals surface area contributed by atoms with Crippen LogP contribution in [-0.2, 0) is 9.53 Å². The monoisotopic (exact) mass is 289 g/mol. The molecule has 0 spiro atoms. The lowest BCUT2D eigenvalue weighted by molar-refractivity contribution is -0.150. The van der Waals surface area contributed by atoms with E-state index in [1.165, 1.54) is 0 Å². The molecular weight excluding hydrogens is 262 g/mol. The van der Waals surface area contributed by atoms with E-state index in [2.05, 4.69) is 12.2 Å². The van der Waals surface area contributed by atoms with Crippen molar-refractivity contribution < 1.29 is 14.6 Å². The second-order valence-corrected chi connectivity index (χ2v) is 7.50. The Morgan fingerprint density at radius 1 is 1.47 bits per heavy atom. The molecule has 1 fully saturated rings. The van der Waals surface area contributed by atoms with Crippen LogP contribution < -0.4 is 5.32 Å². The maximum Gasteiger partial charge on any atom is 0.326 e. The number of aliphatic hydroxyl groups excluding tert-OH is 1. The second-order valence-electron chi connectivity index (χ2n) is 5.62. The van der Waals surface area contributed by atoms with Crippen LogP contribution >= 0.6 is 11.8 Å². The topological polar surface area (TPSA) is 58.6 Å². The van der Waals surface area contributed by atoms with Gasteiger partial charge in [-0.2, -0.15) is 11.8 Å². The highest BCUT2D eigenvalue weighted by Crippen LogP contribution is 2.30. The van der Waals surface area contributed by atoms with Gasteiger partial charge >= 0.3 is 5.97 Å². The second kappa shape index (κ2) is 7.50. The van der Waals surface area contributed by atoms with E-state index in [0.29, 0.717) is 17.9 Å². The molecular formula is C14H27NO3S. The first kappa shape index (κ1) is 16.8. The van der Waals surface area contributed by atoms with Crippen molar-refractivity contribution in [2.75, 3.05) is 13.2 Å². The van der Waals surface area contributed by atoms with Crippen LogP contribution in [0, 0.1) is 0 Å². The van der Waals surface area contributed by atoms with Crippen molar-refractivity contribution in [1.82, 2.24) is 5.32 Å². The first-order chi connectivity index (χ1) is 8.91. The first-order valence-corrected chi connectivity index (χ1v) is 8.06. The summed E-state index contributed by atoms with van der Waals surface area (Å²) in [4.78, 5) is 12.2. The zero-order chi connectivity index (χ0) is 14.5. The van der Waals surface area contributed by atoms with Gasteiger partial charge in [0.05, 0.1) is 13.2 Å². The predicted octanol–water partition coefficient (Wildman–Crippen LogP) is 1.95. The van der Waals surface area contributed by atoms with Gasteiger partial charge in [-0.15, -0.1) is 0 Å². The standard InChI is InChI=1S/C14H27NO3S/c1-5-18-13(17)14(4,15-12-6-7-12)8-10(2)19-11(3)9-16/h10-12,15-16H,5-9H2,1-4H3. The van der Waals surface area contributed by atoms with E-state index in [4.69, 9.17) is 9.84 Å².